The Balaban J connectivity index is 1.92. The third-order valence-corrected chi connectivity index (χ3v) is 2.65. The molecule has 0 heterocycles. The van der Waals surface area contributed by atoms with E-state index in [-0.39, 0.29) is 18.2 Å². The number of hydrogen-bond acceptors (Lipinski definition) is 3. The lowest BCUT2D eigenvalue weighted by Crippen LogP contribution is -2.20. The molecule has 1 amide bonds. The van der Waals surface area contributed by atoms with Gasteiger partial charge in [-0.15, -0.1) is 0 Å². The van der Waals surface area contributed by atoms with E-state index in [2.05, 4.69) is 5.32 Å². The van der Waals surface area contributed by atoms with Gasteiger partial charge in [0.05, 0.1) is 11.4 Å². The maximum atomic E-state index is 12.9. The second-order valence-electron chi connectivity index (χ2n) is 4.38. The number of amides is 1. The fourth-order valence-electron chi connectivity index (χ4n) is 1.69. The molecule has 20 heavy (non-hydrogen) atoms. The molecule has 2 aromatic rings. The van der Waals surface area contributed by atoms with Gasteiger partial charge >= 0.3 is 0 Å². The van der Waals surface area contributed by atoms with Gasteiger partial charge in [-0.1, -0.05) is 12.1 Å². The third-order valence-electron chi connectivity index (χ3n) is 2.65. The molecule has 0 aromatic heterocycles. The average Bonchev–Trinajstić information content (AvgIpc) is 2.40. The van der Waals surface area contributed by atoms with Crippen LogP contribution in [-0.2, 0) is 4.79 Å². The summed E-state index contributed by atoms with van der Waals surface area (Å²) in [6.45, 7) is 1.80. The topological polar surface area (TPSA) is 64.3 Å². The fourth-order valence-corrected chi connectivity index (χ4v) is 1.69. The van der Waals surface area contributed by atoms with Crippen LogP contribution in [-0.4, -0.2) is 12.5 Å². The number of carbonyl (C=O) groups is 1. The van der Waals surface area contributed by atoms with E-state index in [0.29, 0.717) is 11.4 Å². The normalized spacial score (nSPS) is 10.1. The maximum Gasteiger partial charge on any atom is 0.262 e. The quantitative estimate of drug-likeness (QED) is 0.842. The van der Waals surface area contributed by atoms with Gasteiger partial charge in [0.2, 0.25) is 0 Å². The summed E-state index contributed by atoms with van der Waals surface area (Å²) < 4.78 is 18.2. The van der Waals surface area contributed by atoms with Crippen LogP contribution in [0.5, 0.6) is 5.75 Å². The smallest absolute Gasteiger partial charge is 0.262 e. The van der Waals surface area contributed by atoms with Crippen molar-refractivity contribution in [3.05, 3.63) is 53.8 Å². The molecule has 0 aliphatic carbocycles. The molecule has 2 aromatic carbocycles. The first-order chi connectivity index (χ1) is 9.54. The zero-order chi connectivity index (χ0) is 14.5. The Hall–Kier alpha value is -2.56. The van der Waals surface area contributed by atoms with Gasteiger partial charge in [0.1, 0.15) is 11.6 Å². The summed E-state index contributed by atoms with van der Waals surface area (Å²) in [5, 5.41) is 2.57. The Labute approximate surface area is 116 Å². The summed E-state index contributed by atoms with van der Waals surface area (Å²) in [5.74, 6) is -0.187. The Morgan fingerprint density at radius 3 is 2.80 bits per heavy atom. The number of ether oxygens (including phenoxy) is 1. The van der Waals surface area contributed by atoms with Crippen molar-refractivity contribution in [1.29, 1.82) is 0 Å². The van der Waals surface area contributed by atoms with E-state index in [9.17, 15) is 9.18 Å². The van der Waals surface area contributed by atoms with Crippen molar-refractivity contribution >= 4 is 17.3 Å². The van der Waals surface area contributed by atoms with Gasteiger partial charge in [0.15, 0.2) is 6.61 Å². The minimum atomic E-state index is -0.448. The molecule has 0 saturated carbocycles. The average molecular weight is 274 g/mol. The third kappa shape index (κ3) is 3.71. The van der Waals surface area contributed by atoms with Crippen molar-refractivity contribution < 1.29 is 13.9 Å². The lowest BCUT2D eigenvalue weighted by atomic mass is 10.2. The van der Waals surface area contributed by atoms with Crippen molar-refractivity contribution in [2.45, 2.75) is 6.92 Å². The fraction of sp³-hybridized carbons (Fsp3) is 0.133. The number of carbonyl (C=O) groups excluding carboxylic acids is 1. The number of anilines is 2. The SMILES string of the molecule is Cc1cccc(OCC(=O)Nc2ccc(F)cc2N)c1. The van der Waals surface area contributed by atoms with Crippen LogP contribution in [0.4, 0.5) is 15.8 Å². The molecule has 5 heteroatoms. The first kappa shape index (κ1) is 13.9. The summed E-state index contributed by atoms with van der Waals surface area (Å²) in [5.41, 5.74) is 7.19. The number of nitrogen functional groups attached to an aromatic ring is 1. The van der Waals surface area contributed by atoms with Crippen molar-refractivity contribution in [2.75, 3.05) is 17.7 Å². The Morgan fingerprint density at radius 2 is 2.10 bits per heavy atom. The van der Waals surface area contributed by atoms with Crippen molar-refractivity contribution in [3.8, 4) is 5.75 Å². The monoisotopic (exact) mass is 274 g/mol. The van der Waals surface area contributed by atoms with Crippen LogP contribution >= 0.6 is 0 Å². The number of rotatable bonds is 4. The van der Waals surface area contributed by atoms with E-state index in [1.165, 1.54) is 12.1 Å². The van der Waals surface area contributed by atoms with Gasteiger partial charge in [-0.05, 0) is 42.8 Å². The van der Waals surface area contributed by atoms with Crippen molar-refractivity contribution in [1.82, 2.24) is 0 Å². The zero-order valence-corrected chi connectivity index (χ0v) is 11.0. The highest BCUT2D eigenvalue weighted by atomic mass is 19.1. The van der Waals surface area contributed by atoms with Crippen LogP contribution in [0, 0.1) is 12.7 Å². The molecule has 0 unspecified atom stereocenters. The lowest BCUT2D eigenvalue weighted by molar-refractivity contribution is -0.118. The molecule has 0 atom stereocenters. The number of aryl methyl sites for hydroxylation is 1. The maximum absolute atomic E-state index is 12.9. The summed E-state index contributed by atoms with van der Waals surface area (Å²) in [7, 11) is 0. The van der Waals surface area contributed by atoms with Gasteiger partial charge in [-0.2, -0.15) is 0 Å². The molecule has 0 spiro atoms. The summed E-state index contributed by atoms with van der Waals surface area (Å²) in [6.07, 6.45) is 0. The Bertz CT molecular complexity index is 629. The number of nitrogens with one attached hydrogen (secondary N) is 1. The molecule has 0 aliphatic heterocycles. The molecule has 0 saturated heterocycles. The highest BCUT2D eigenvalue weighted by Crippen LogP contribution is 2.19. The molecule has 0 radical (unpaired) electrons. The molecule has 0 bridgehead atoms. The van der Waals surface area contributed by atoms with Crippen LogP contribution in [0.25, 0.3) is 0 Å². The molecular weight excluding hydrogens is 259 g/mol. The molecule has 2 rings (SSSR count). The highest BCUT2D eigenvalue weighted by Gasteiger charge is 2.07. The van der Waals surface area contributed by atoms with Gasteiger partial charge in [-0.3, -0.25) is 4.79 Å². The van der Waals surface area contributed by atoms with Crippen LogP contribution in [0.3, 0.4) is 0 Å². The van der Waals surface area contributed by atoms with E-state index >= 15 is 0 Å². The molecule has 0 fully saturated rings. The number of hydrogen-bond donors (Lipinski definition) is 2. The number of benzene rings is 2. The Morgan fingerprint density at radius 1 is 1.30 bits per heavy atom. The van der Waals surface area contributed by atoms with Gasteiger partial charge in [0.25, 0.3) is 5.91 Å². The minimum Gasteiger partial charge on any atom is -0.484 e. The van der Waals surface area contributed by atoms with E-state index < -0.39 is 5.82 Å². The molecule has 0 aliphatic rings. The first-order valence-corrected chi connectivity index (χ1v) is 6.09. The second-order valence-corrected chi connectivity index (χ2v) is 4.38. The standard InChI is InChI=1S/C15H15FN2O2/c1-10-3-2-4-12(7-10)20-9-15(19)18-14-6-5-11(16)8-13(14)17/h2-8H,9,17H2,1H3,(H,18,19). The van der Waals surface area contributed by atoms with E-state index in [1.807, 2.05) is 25.1 Å². The molecule has 104 valence electrons. The van der Waals surface area contributed by atoms with Crippen molar-refractivity contribution in [2.24, 2.45) is 0 Å². The predicted octanol–water partition coefficient (Wildman–Crippen LogP) is 2.73. The van der Waals surface area contributed by atoms with Gasteiger partial charge < -0.3 is 15.8 Å². The van der Waals surface area contributed by atoms with E-state index in [1.54, 1.807) is 6.07 Å². The zero-order valence-electron chi connectivity index (χ0n) is 11.0. The van der Waals surface area contributed by atoms with E-state index in [0.717, 1.165) is 11.6 Å². The number of nitrogens with two attached hydrogens (primary N) is 1. The van der Waals surface area contributed by atoms with Crippen LogP contribution in [0.1, 0.15) is 5.56 Å². The largest absolute Gasteiger partial charge is 0.484 e. The minimum absolute atomic E-state index is 0.139. The molecule has 3 N–H and O–H groups in total. The summed E-state index contributed by atoms with van der Waals surface area (Å²) in [4.78, 5) is 11.7. The first-order valence-electron chi connectivity index (χ1n) is 6.09. The van der Waals surface area contributed by atoms with Gasteiger partial charge in [0, 0.05) is 0 Å². The van der Waals surface area contributed by atoms with Crippen LogP contribution in [0.15, 0.2) is 42.5 Å². The van der Waals surface area contributed by atoms with Crippen molar-refractivity contribution in [3.63, 3.8) is 0 Å². The molecule has 4 nitrogen and oxygen atoms in total. The summed E-state index contributed by atoms with van der Waals surface area (Å²) >= 11 is 0. The predicted molar refractivity (Wildman–Crippen MR) is 76.1 cm³/mol. The number of halogens is 1. The van der Waals surface area contributed by atoms with Crippen LogP contribution < -0.4 is 15.8 Å². The van der Waals surface area contributed by atoms with E-state index in [4.69, 9.17) is 10.5 Å². The highest BCUT2D eigenvalue weighted by molar-refractivity contribution is 5.94. The lowest BCUT2D eigenvalue weighted by Gasteiger charge is -2.09. The van der Waals surface area contributed by atoms with Gasteiger partial charge in [-0.25, -0.2) is 4.39 Å². The van der Waals surface area contributed by atoms with Crippen LogP contribution in [0.2, 0.25) is 0 Å². The summed E-state index contributed by atoms with van der Waals surface area (Å²) in [6, 6.07) is 11.2. The Kier molecular flexibility index (Phi) is 4.20. The second kappa shape index (κ2) is 6.06. The molecular formula is C15H15FN2O2.